The van der Waals surface area contributed by atoms with Crippen molar-refractivity contribution in [3.63, 3.8) is 0 Å². The van der Waals surface area contributed by atoms with E-state index in [1.165, 1.54) is 302 Å². The summed E-state index contributed by atoms with van der Waals surface area (Å²) in [5.74, 6) is 0. The van der Waals surface area contributed by atoms with Gasteiger partial charge in [-0.25, -0.2) is 0 Å². The largest absolute Gasteiger partial charge is 0.0683 e. The molecule has 0 aliphatic heterocycles. The van der Waals surface area contributed by atoms with Gasteiger partial charge in [-0.2, -0.15) is 0 Å². The Morgan fingerprint density at radius 1 is 0.109 bits per heavy atom. The van der Waals surface area contributed by atoms with Gasteiger partial charge in [0.25, 0.3) is 0 Å². The first-order valence-electron chi connectivity index (χ1n) is 60.0. The van der Waals surface area contributed by atoms with Crippen LogP contribution in [-0.2, 0) is 0 Å². The summed E-state index contributed by atoms with van der Waals surface area (Å²) in [6.45, 7) is 111. The van der Waals surface area contributed by atoms with Gasteiger partial charge in [0, 0.05) is 0 Å². The molecule has 786 valence electrons. The highest BCUT2D eigenvalue weighted by Gasteiger charge is 2.55. The summed E-state index contributed by atoms with van der Waals surface area (Å²) in [5.41, 5.74) is 50.8. The van der Waals surface area contributed by atoms with Crippen molar-refractivity contribution in [1.82, 2.24) is 0 Å². The standard InChI is InChI=1S/5C21H34.C20H32.6C2H6/c5*1-19(2,3)17-12-18(20(4,5)6)16-14-21(13-15(16)17)10-8-7-9-11-21;1-18(2,3)16-11-17(19(4,5)6)15-13-20(12-14(15)16)9-7-8-10-20;6*1-2/h5*7-14H2,1-6H3;7-13H2,1-6H3;6*1-2H3. The van der Waals surface area contributed by atoms with Crippen molar-refractivity contribution in [2.24, 2.45) is 97.5 Å². The van der Waals surface area contributed by atoms with Crippen LogP contribution < -0.4 is 0 Å². The molecule has 0 N–H and O–H groups in total. The molecule has 0 nitrogen and oxygen atoms in total. The molecular weight excluding hydrogens is 1650 g/mol. The van der Waals surface area contributed by atoms with E-state index in [1.54, 1.807) is 134 Å². The van der Waals surface area contributed by atoms with E-state index in [1.807, 2.05) is 83.1 Å². The topological polar surface area (TPSA) is 0 Å². The minimum absolute atomic E-state index is 0.341. The van der Waals surface area contributed by atoms with Crippen LogP contribution in [0.3, 0.4) is 0 Å². The minimum atomic E-state index is 0.341. The van der Waals surface area contributed by atoms with Gasteiger partial charge in [-0.3, -0.25) is 0 Å². The van der Waals surface area contributed by atoms with Gasteiger partial charge < -0.3 is 0 Å². The summed E-state index contributed by atoms with van der Waals surface area (Å²) in [4.78, 5) is 0. The highest BCUT2D eigenvalue weighted by atomic mass is 14.6. The van der Waals surface area contributed by atoms with Crippen molar-refractivity contribution in [1.29, 1.82) is 0 Å². The van der Waals surface area contributed by atoms with E-state index in [4.69, 9.17) is 0 Å². The van der Waals surface area contributed by atoms with Gasteiger partial charge in [-0.05, 0) is 357 Å². The molecule has 12 saturated carbocycles. The van der Waals surface area contributed by atoms with E-state index >= 15 is 0 Å². The number of fused-ring (bicyclic) bond motifs is 6. The lowest BCUT2D eigenvalue weighted by molar-refractivity contribution is 0.205. The van der Waals surface area contributed by atoms with E-state index in [0.717, 1.165) is 0 Å². The maximum absolute atomic E-state index is 2.42. The SMILES string of the molecule is CC.CC.CC.CC.CC.CC.CC(C)(C)C1=C2CC3(CCCC3)CC2=C(C(C)(C)C)C1.CC(C)(C)C1=C2CC3(CCCCC3)CC2=C(C(C)(C)C)C1.CC(C)(C)C1=C2CC3(CCCCC3)CC2=C(C(C)(C)C)C1.CC(C)(C)C1=C2CC3(CCCCC3)CC2=C(C(C)(C)C)C1.CC(C)(C)C1=C2CC3(CCCCC3)CC2=C(C(C)(C)C)C1.CC(C)(C)C1=C2CC3(CCCCC3)CC2=C(C(C)(C)C)C1. The van der Waals surface area contributed by atoms with Crippen LogP contribution in [0.2, 0.25) is 0 Å². The van der Waals surface area contributed by atoms with Crippen LogP contribution in [0.15, 0.2) is 134 Å². The molecule has 137 heavy (non-hydrogen) atoms. The molecule has 18 aliphatic carbocycles. The fourth-order valence-electron chi connectivity index (χ4n) is 30.3. The fourth-order valence-corrected chi connectivity index (χ4v) is 30.3. The number of allylic oxidation sites excluding steroid dienone is 24. The molecule has 18 aliphatic rings. The summed E-state index contributed by atoms with van der Waals surface area (Å²) < 4.78 is 0. The van der Waals surface area contributed by atoms with Crippen molar-refractivity contribution in [3.8, 4) is 0 Å². The van der Waals surface area contributed by atoms with Gasteiger partial charge in [0.1, 0.15) is 0 Å². The van der Waals surface area contributed by atoms with E-state index < -0.39 is 0 Å². The first-order chi connectivity index (χ1) is 63.2. The Balaban J connectivity index is 0.000000219. The molecular formula is C137H238. The molecule has 0 radical (unpaired) electrons. The van der Waals surface area contributed by atoms with Crippen molar-refractivity contribution < 1.29 is 0 Å². The summed E-state index contributed by atoms with van der Waals surface area (Å²) in [6, 6.07) is 0. The normalized spacial score (nSPS) is 24.0. The zero-order valence-electron chi connectivity index (χ0n) is 102. The van der Waals surface area contributed by atoms with Crippen LogP contribution in [0.4, 0.5) is 0 Å². The molecule has 0 aromatic carbocycles. The lowest BCUT2D eigenvalue weighted by Gasteiger charge is -2.34. The Hall–Kier alpha value is -3.12. The number of hydrogen-bond acceptors (Lipinski definition) is 0. The van der Waals surface area contributed by atoms with Crippen LogP contribution in [0.25, 0.3) is 0 Å². The highest BCUT2D eigenvalue weighted by Crippen LogP contribution is 2.70. The second-order valence-corrected chi connectivity index (χ2v) is 59.7. The molecule has 0 bridgehead atoms. The smallest absolute Gasteiger partial charge is 0.00861 e. The van der Waals surface area contributed by atoms with Crippen molar-refractivity contribution in [3.05, 3.63) is 134 Å². The first kappa shape index (κ1) is 121. The molecule has 18 rings (SSSR count). The molecule has 0 aromatic heterocycles. The van der Waals surface area contributed by atoms with Crippen LogP contribution in [0.5, 0.6) is 0 Å². The zero-order valence-corrected chi connectivity index (χ0v) is 102. The second kappa shape index (κ2) is 46.1. The Labute approximate surface area is 859 Å². The van der Waals surface area contributed by atoms with E-state index in [0.29, 0.717) is 97.5 Å². The Bertz CT molecular complexity index is 3630. The van der Waals surface area contributed by atoms with E-state index in [-0.39, 0.29) is 0 Å². The first-order valence-corrected chi connectivity index (χ1v) is 60.0. The lowest BCUT2D eigenvalue weighted by atomic mass is 9.70. The Kier molecular flexibility index (Phi) is 40.7. The van der Waals surface area contributed by atoms with E-state index in [9.17, 15) is 0 Å². The van der Waals surface area contributed by atoms with Crippen LogP contribution in [-0.4, -0.2) is 0 Å². The summed E-state index contributed by atoms with van der Waals surface area (Å²) in [6.07, 6.45) is 67.1. The third-order valence-corrected chi connectivity index (χ3v) is 37.4. The Morgan fingerprint density at radius 2 is 0.175 bits per heavy atom. The molecule has 0 amide bonds. The van der Waals surface area contributed by atoms with Gasteiger partial charge in [0.2, 0.25) is 0 Å². The average molecular weight is 1890 g/mol. The lowest BCUT2D eigenvalue weighted by Crippen LogP contribution is -2.21. The molecule has 0 heteroatoms. The monoisotopic (exact) mass is 1880 g/mol. The fraction of sp³-hybridized carbons (Fsp3) is 0.825. The third-order valence-electron chi connectivity index (χ3n) is 37.4. The van der Waals surface area contributed by atoms with Crippen molar-refractivity contribution in [2.75, 3.05) is 0 Å². The molecule has 0 atom stereocenters. The molecule has 0 unspecified atom stereocenters. The summed E-state index contributed by atoms with van der Waals surface area (Å²) in [7, 11) is 0. The number of rotatable bonds is 0. The predicted octanol–water partition coefficient (Wildman–Crippen LogP) is 46.7. The molecule has 12 fully saturated rings. The quantitative estimate of drug-likeness (QED) is 0.227. The maximum Gasteiger partial charge on any atom is -0.00861 e. The molecule has 0 heterocycles. The molecule has 6 spiro atoms. The maximum atomic E-state index is 2.42. The van der Waals surface area contributed by atoms with Crippen molar-refractivity contribution in [2.45, 2.75) is 634 Å². The summed E-state index contributed by atoms with van der Waals surface area (Å²) >= 11 is 0. The van der Waals surface area contributed by atoms with E-state index in [2.05, 4.69) is 249 Å². The van der Waals surface area contributed by atoms with Gasteiger partial charge in [-0.1, -0.05) is 508 Å². The van der Waals surface area contributed by atoms with Gasteiger partial charge in [0.15, 0.2) is 0 Å². The highest BCUT2D eigenvalue weighted by molar-refractivity contribution is 5.61. The van der Waals surface area contributed by atoms with Crippen molar-refractivity contribution >= 4 is 0 Å². The van der Waals surface area contributed by atoms with Gasteiger partial charge in [0.05, 0.1) is 0 Å². The molecule has 0 saturated heterocycles. The van der Waals surface area contributed by atoms with Gasteiger partial charge in [-0.15, -0.1) is 0 Å². The predicted molar refractivity (Wildman–Crippen MR) is 617 cm³/mol. The minimum Gasteiger partial charge on any atom is -0.0683 e. The van der Waals surface area contributed by atoms with Gasteiger partial charge >= 0.3 is 0 Å². The second-order valence-electron chi connectivity index (χ2n) is 59.7. The summed E-state index contributed by atoms with van der Waals surface area (Å²) in [5, 5.41) is 0. The van der Waals surface area contributed by atoms with Crippen LogP contribution in [0.1, 0.15) is 634 Å². The average Bonchev–Trinajstić information content (AvgIpc) is 1.60. The third kappa shape index (κ3) is 28.2. The number of hydrogen-bond donors (Lipinski definition) is 0. The van der Waals surface area contributed by atoms with Crippen LogP contribution in [0, 0.1) is 97.5 Å². The molecule has 0 aromatic rings. The zero-order chi connectivity index (χ0) is 104. The van der Waals surface area contributed by atoms with Crippen LogP contribution >= 0.6 is 0 Å². The Morgan fingerprint density at radius 3 is 0.241 bits per heavy atom.